The first-order valence-corrected chi connectivity index (χ1v) is 7.89. The van der Waals surface area contributed by atoms with E-state index in [-0.39, 0.29) is 11.5 Å². The van der Waals surface area contributed by atoms with Crippen LogP contribution in [0.4, 0.5) is 0 Å². The molecule has 2 heterocycles. The lowest BCUT2D eigenvalue weighted by atomic mass is 9.79. The molecule has 1 fully saturated rings. The van der Waals surface area contributed by atoms with Gasteiger partial charge in [0.15, 0.2) is 0 Å². The third-order valence-electron chi connectivity index (χ3n) is 3.23. The molecule has 1 saturated heterocycles. The summed E-state index contributed by atoms with van der Waals surface area (Å²) in [5.41, 5.74) is 0.216. The number of aromatic nitrogens is 1. The Morgan fingerprint density at radius 1 is 1.32 bits per heavy atom. The molecule has 1 aromatic rings. The van der Waals surface area contributed by atoms with Gasteiger partial charge in [0.1, 0.15) is 11.4 Å². The molecule has 1 atom stereocenters. The van der Waals surface area contributed by atoms with Crippen molar-refractivity contribution in [3.63, 3.8) is 0 Å². The minimum absolute atomic E-state index is 0.115. The largest absolute Gasteiger partial charge is 0.489 e. The summed E-state index contributed by atoms with van der Waals surface area (Å²) < 4.78 is 5.66. The zero-order chi connectivity index (χ0) is 14.1. The summed E-state index contributed by atoms with van der Waals surface area (Å²) >= 11 is 1.80. The van der Waals surface area contributed by atoms with Gasteiger partial charge in [-0.3, -0.25) is 4.98 Å². The highest BCUT2D eigenvalue weighted by molar-refractivity contribution is 7.99. The number of rotatable bonds is 3. The van der Waals surface area contributed by atoms with Gasteiger partial charge in [0.2, 0.25) is 0 Å². The molecule has 0 saturated carbocycles. The van der Waals surface area contributed by atoms with Crippen LogP contribution in [-0.2, 0) is 5.60 Å². The molecule has 0 radical (unpaired) electrons. The summed E-state index contributed by atoms with van der Waals surface area (Å²) in [6, 6.07) is 1.93. The molecule has 4 heteroatoms. The van der Waals surface area contributed by atoms with E-state index in [1.54, 1.807) is 24.2 Å². The van der Waals surface area contributed by atoms with Gasteiger partial charge in [0, 0.05) is 17.5 Å². The van der Waals surface area contributed by atoms with Crippen molar-refractivity contribution < 1.29 is 9.84 Å². The molecule has 1 N–H and O–H groups in total. The van der Waals surface area contributed by atoms with E-state index in [4.69, 9.17) is 4.74 Å². The second-order valence-corrected chi connectivity index (χ2v) is 7.43. The Morgan fingerprint density at radius 2 is 2.05 bits per heavy atom. The van der Waals surface area contributed by atoms with Crippen LogP contribution in [0.2, 0.25) is 0 Å². The Balaban J connectivity index is 2.25. The molecule has 106 valence electrons. The smallest absolute Gasteiger partial charge is 0.138 e. The number of ether oxygens (including phenoxy) is 1. The third-order valence-corrected chi connectivity index (χ3v) is 4.89. The Morgan fingerprint density at radius 3 is 2.68 bits per heavy atom. The van der Waals surface area contributed by atoms with E-state index in [1.165, 1.54) is 0 Å². The third kappa shape index (κ3) is 3.63. The maximum Gasteiger partial charge on any atom is 0.138 e. The fraction of sp³-hybridized carbons (Fsp3) is 0.667. The first kappa shape index (κ1) is 14.7. The summed E-state index contributed by atoms with van der Waals surface area (Å²) in [7, 11) is 0. The number of hydrogen-bond acceptors (Lipinski definition) is 4. The van der Waals surface area contributed by atoms with Crippen LogP contribution >= 0.6 is 11.8 Å². The minimum atomic E-state index is -0.796. The van der Waals surface area contributed by atoms with Gasteiger partial charge in [-0.15, -0.1) is 0 Å². The van der Waals surface area contributed by atoms with Crippen LogP contribution < -0.4 is 4.74 Å². The van der Waals surface area contributed by atoms with Crippen LogP contribution in [0, 0.1) is 5.41 Å². The van der Waals surface area contributed by atoms with Gasteiger partial charge in [-0.25, -0.2) is 0 Å². The van der Waals surface area contributed by atoms with Gasteiger partial charge < -0.3 is 9.84 Å². The van der Waals surface area contributed by atoms with Crippen molar-refractivity contribution in [3.05, 3.63) is 24.0 Å². The fourth-order valence-corrected chi connectivity index (χ4v) is 3.95. The second-order valence-electron chi connectivity index (χ2n) is 6.44. The van der Waals surface area contributed by atoms with E-state index in [2.05, 4.69) is 18.8 Å². The van der Waals surface area contributed by atoms with Crippen molar-refractivity contribution in [1.82, 2.24) is 4.98 Å². The Bertz CT molecular complexity index is 448. The number of hydrogen-bond donors (Lipinski definition) is 1. The number of nitrogens with zero attached hydrogens (tertiary/aromatic N) is 1. The number of thioether (sulfide) groups is 1. The van der Waals surface area contributed by atoms with E-state index in [0.29, 0.717) is 0 Å². The molecule has 1 aliphatic heterocycles. The summed E-state index contributed by atoms with van der Waals surface area (Å²) in [6.45, 7) is 8.37. The maximum atomic E-state index is 10.9. The lowest BCUT2D eigenvalue weighted by molar-refractivity contribution is 0.0150. The molecule has 0 amide bonds. The zero-order valence-electron chi connectivity index (χ0n) is 12.1. The molecule has 2 rings (SSSR count). The quantitative estimate of drug-likeness (QED) is 0.923. The number of pyridine rings is 1. The standard InChI is InChI=1S/C15H23NO2S/c1-11(2)18-13-5-12(6-16-7-13)15(17)8-14(3,4)9-19-10-15/h5-7,11,17H,8-10H2,1-4H3. The van der Waals surface area contributed by atoms with Gasteiger partial charge in [-0.1, -0.05) is 13.8 Å². The van der Waals surface area contributed by atoms with E-state index < -0.39 is 5.60 Å². The molecule has 0 aromatic carbocycles. The Kier molecular flexibility index (Phi) is 4.11. The average molecular weight is 281 g/mol. The van der Waals surface area contributed by atoms with Crippen molar-refractivity contribution >= 4 is 11.8 Å². The van der Waals surface area contributed by atoms with Crippen molar-refractivity contribution in [2.75, 3.05) is 11.5 Å². The molecule has 3 nitrogen and oxygen atoms in total. The lowest BCUT2D eigenvalue weighted by Gasteiger charge is -2.41. The predicted octanol–water partition coefficient (Wildman–Crippen LogP) is 3.22. The summed E-state index contributed by atoms with van der Waals surface area (Å²) in [5.74, 6) is 2.54. The van der Waals surface area contributed by atoms with Crippen LogP contribution in [0.25, 0.3) is 0 Å². The summed E-state index contributed by atoms with van der Waals surface area (Å²) in [6.07, 6.45) is 4.34. The van der Waals surface area contributed by atoms with E-state index >= 15 is 0 Å². The molecule has 1 unspecified atom stereocenters. The summed E-state index contributed by atoms with van der Waals surface area (Å²) in [5, 5.41) is 10.9. The maximum absolute atomic E-state index is 10.9. The van der Waals surface area contributed by atoms with Crippen molar-refractivity contribution in [1.29, 1.82) is 0 Å². The monoisotopic (exact) mass is 281 g/mol. The average Bonchev–Trinajstić information content (AvgIpc) is 2.26. The van der Waals surface area contributed by atoms with Crippen LogP contribution in [0.15, 0.2) is 18.5 Å². The molecule has 0 aliphatic carbocycles. The normalized spacial score (nSPS) is 26.4. The van der Waals surface area contributed by atoms with E-state index in [9.17, 15) is 5.11 Å². The molecule has 0 spiro atoms. The molecule has 19 heavy (non-hydrogen) atoms. The second kappa shape index (κ2) is 5.33. The van der Waals surface area contributed by atoms with Crippen molar-refractivity contribution in [2.45, 2.75) is 45.8 Å². The molecular formula is C15H23NO2S. The Hall–Kier alpha value is -0.740. The van der Waals surface area contributed by atoms with Crippen molar-refractivity contribution in [2.24, 2.45) is 5.41 Å². The van der Waals surface area contributed by atoms with Gasteiger partial charge in [0.25, 0.3) is 0 Å². The van der Waals surface area contributed by atoms with Crippen LogP contribution in [0.5, 0.6) is 5.75 Å². The number of aliphatic hydroxyl groups is 1. The highest BCUT2D eigenvalue weighted by atomic mass is 32.2. The van der Waals surface area contributed by atoms with Gasteiger partial charge in [-0.2, -0.15) is 11.8 Å². The van der Waals surface area contributed by atoms with Crippen LogP contribution in [-0.4, -0.2) is 27.7 Å². The predicted molar refractivity (Wildman–Crippen MR) is 79.6 cm³/mol. The summed E-state index contributed by atoms with van der Waals surface area (Å²) in [4.78, 5) is 4.21. The first-order chi connectivity index (χ1) is 8.81. The van der Waals surface area contributed by atoms with Crippen molar-refractivity contribution in [3.8, 4) is 5.75 Å². The SMILES string of the molecule is CC(C)Oc1cncc(C2(O)CSCC(C)(C)C2)c1. The fourth-order valence-electron chi connectivity index (χ4n) is 2.59. The van der Waals surface area contributed by atoms with Gasteiger partial charge >= 0.3 is 0 Å². The van der Waals surface area contributed by atoms with Crippen LogP contribution in [0.1, 0.15) is 39.7 Å². The topological polar surface area (TPSA) is 42.4 Å². The van der Waals surface area contributed by atoms with Gasteiger partial charge in [-0.05, 0) is 37.5 Å². The lowest BCUT2D eigenvalue weighted by Crippen LogP contribution is -2.40. The molecule has 0 bridgehead atoms. The molecular weight excluding hydrogens is 258 g/mol. The van der Waals surface area contributed by atoms with E-state index in [1.807, 2.05) is 19.9 Å². The molecule has 1 aromatic heterocycles. The first-order valence-electron chi connectivity index (χ1n) is 6.73. The highest BCUT2D eigenvalue weighted by Crippen LogP contribution is 2.44. The minimum Gasteiger partial charge on any atom is -0.489 e. The van der Waals surface area contributed by atoms with Crippen LogP contribution in [0.3, 0.4) is 0 Å². The zero-order valence-corrected chi connectivity index (χ0v) is 13.0. The van der Waals surface area contributed by atoms with Gasteiger partial charge in [0.05, 0.1) is 12.3 Å². The highest BCUT2D eigenvalue weighted by Gasteiger charge is 2.40. The van der Waals surface area contributed by atoms with E-state index in [0.717, 1.165) is 29.2 Å². The Labute approximate surface area is 119 Å². The molecule has 1 aliphatic rings.